The van der Waals surface area contributed by atoms with E-state index in [0.717, 1.165) is 16.6 Å². The molecule has 0 spiro atoms. The summed E-state index contributed by atoms with van der Waals surface area (Å²) in [6.07, 6.45) is 4.48. The van der Waals surface area contributed by atoms with E-state index in [0.29, 0.717) is 28.1 Å². The number of fused-ring (bicyclic) bond motifs is 2. The van der Waals surface area contributed by atoms with Gasteiger partial charge in [-0.2, -0.15) is 5.10 Å². The lowest BCUT2D eigenvalue weighted by Crippen LogP contribution is -2.27. The second kappa shape index (κ2) is 9.09. The third-order valence-corrected chi connectivity index (χ3v) is 6.39. The Morgan fingerprint density at radius 3 is 2.49 bits per heavy atom. The number of imidazole rings is 1. The largest absolute Gasteiger partial charge is 0.337 e. The lowest BCUT2D eigenvalue weighted by molar-refractivity contribution is -0.123. The van der Waals surface area contributed by atoms with Gasteiger partial charge in [0.05, 0.1) is 40.0 Å². The van der Waals surface area contributed by atoms with Crippen LogP contribution in [0.3, 0.4) is 0 Å². The first kappa shape index (κ1) is 24.4. The van der Waals surface area contributed by atoms with Crippen molar-refractivity contribution in [3.05, 3.63) is 78.8 Å². The molecule has 0 fully saturated rings. The summed E-state index contributed by atoms with van der Waals surface area (Å²) in [7, 11) is 0. The molecule has 0 saturated carbocycles. The molecule has 0 aliphatic rings. The molecule has 0 unspecified atom stereocenters. The standard InChI is InChI=1S/C29H23F2N7O/c1-29(2,3)28(39)34-18-11-16(12-32-13-18)24-23(31)22-21(14-33-24)37-38-26(22)27-35-20-6-4-5-19(25(20)36-27)15-7-9-17(30)10-8-15/h4-14H,1-3H3,(H,34,39)(H,35,36)(H,37,38). The van der Waals surface area contributed by atoms with Gasteiger partial charge in [-0.25, -0.2) is 13.8 Å². The molecule has 4 aromatic heterocycles. The number of para-hydroxylation sites is 1. The number of benzene rings is 2. The van der Waals surface area contributed by atoms with E-state index in [1.54, 1.807) is 39.0 Å². The molecule has 39 heavy (non-hydrogen) atoms. The molecule has 1 amide bonds. The highest BCUT2D eigenvalue weighted by molar-refractivity contribution is 5.98. The van der Waals surface area contributed by atoms with Gasteiger partial charge in [0.25, 0.3) is 0 Å². The van der Waals surface area contributed by atoms with Gasteiger partial charge in [-0.05, 0) is 29.8 Å². The monoisotopic (exact) mass is 523 g/mol. The second-order valence-corrected chi connectivity index (χ2v) is 10.2. The molecule has 10 heteroatoms. The predicted octanol–water partition coefficient (Wildman–Crippen LogP) is 6.49. The SMILES string of the molecule is CC(C)(C)C(=O)Nc1cncc(-c2ncc3[nH]nc(-c4nc5c(-c6ccc(F)cc6)cccc5[nH]4)c3c2F)c1. The summed E-state index contributed by atoms with van der Waals surface area (Å²) in [5.41, 5.74) is 3.96. The Labute approximate surface area is 221 Å². The van der Waals surface area contributed by atoms with E-state index < -0.39 is 11.2 Å². The van der Waals surface area contributed by atoms with Crippen LogP contribution >= 0.6 is 0 Å². The number of pyridine rings is 2. The third-order valence-electron chi connectivity index (χ3n) is 6.39. The number of aromatic amines is 2. The van der Waals surface area contributed by atoms with Gasteiger partial charge in [-0.3, -0.25) is 19.9 Å². The number of halogens is 2. The molecular formula is C29H23F2N7O. The van der Waals surface area contributed by atoms with Gasteiger partial charge in [0.15, 0.2) is 11.6 Å². The quantitative estimate of drug-likeness (QED) is 0.244. The van der Waals surface area contributed by atoms with Gasteiger partial charge in [0.2, 0.25) is 5.91 Å². The van der Waals surface area contributed by atoms with Crippen LogP contribution in [0.4, 0.5) is 14.5 Å². The highest BCUT2D eigenvalue weighted by atomic mass is 19.1. The van der Waals surface area contributed by atoms with E-state index in [9.17, 15) is 9.18 Å². The molecule has 0 saturated heterocycles. The Morgan fingerprint density at radius 2 is 1.72 bits per heavy atom. The average Bonchev–Trinajstić information content (AvgIpc) is 3.54. The van der Waals surface area contributed by atoms with Crippen LogP contribution in [0.2, 0.25) is 0 Å². The smallest absolute Gasteiger partial charge is 0.229 e. The summed E-state index contributed by atoms with van der Waals surface area (Å²) in [6, 6.07) is 13.4. The Morgan fingerprint density at radius 1 is 0.923 bits per heavy atom. The van der Waals surface area contributed by atoms with E-state index >= 15 is 4.39 Å². The van der Waals surface area contributed by atoms with Crippen molar-refractivity contribution < 1.29 is 13.6 Å². The normalized spacial score (nSPS) is 11.8. The molecule has 6 rings (SSSR count). The lowest BCUT2D eigenvalue weighted by Gasteiger charge is -2.17. The van der Waals surface area contributed by atoms with Crippen LogP contribution in [0.15, 0.2) is 67.1 Å². The molecule has 3 N–H and O–H groups in total. The van der Waals surface area contributed by atoms with E-state index in [2.05, 4.69) is 30.5 Å². The fourth-order valence-corrected chi connectivity index (χ4v) is 4.31. The summed E-state index contributed by atoms with van der Waals surface area (Å²) in [5.74, 6) is -0.746. The number of hydrogen-bond acceptors (Lipinski definition) is 5. The van der Waals surface area contributed by atoms with Crippen LogP contribution in [-0.4, -0.2) is 36.0 Å². The minimum absolute atomic E-state index is 0.0626. The zero-order chi connectivity index (χ0) is 27.3. The molecule has 0 aliphatic carbocycles. The van der Waals surface area contributed by atoms with Crippen LogP contribution in [-0.2, 0) is 4.79 Å². The van der Waals surface area contributed by atoms with Gasteiger partial charge >= 0.3 is 0 Å². The lowest BCUT2D eigenvalue weighted by atomic mass is 9.95. The maximum absolute atomic E-state index is 16.0. The van der Waals surface area contributed by atoms with E-state index in [-0.39, 0.29) is 28.5 Å². The molecular weight excluding hydrogens is 500 g/mol. The first-order valence-corrected chi connectivity index (χ1v) is 12.2. The van der Waals surface area contributed by atoms with Crippen molar-refractivity contribution in [2.45, 2.75) is 20.8 Å². The third kappa shape index (κ3) is 4.39. The summed E-state index contributed by atoms with van der Waals surface area (Å²) in [5, 5.41) is 10.2. The van der Waals surface area contributed by atoms with E-state index in [1.165, 1.54) is 30.7 Å². The van der Waals surface area contributed by atoms with Crippen LogP contribution in [0.25, 0.3) is 55.8 Å². The number of aromatic nitrogens is 6. The summed E-state index contributed by atoms with van der Waals surface area (Å²) in [4.78, 5) is 28.9. The number of carbonyl (C=O) groups excluding carboxylic acids is 1. The van der Waals surface area contributed by atoms with Gasteiger partial charge < -0.3 is 10.3 Å². The second-order valence-electron chi connectivity index (χ2n) is 10.2. The number of carbonyl (C=O) groups is 1. The molecule has 0 bridgehead atoms. The molecule has 6 aromatic rings. The van der Waals surface area contributed by atoms with Crippen molar-refractivity contribution in [1.29, 1.82) is 0 Å². The zero-order valence-electron chi connectivity index (χ0n) is 21.3. The average molecular weight is 524 g/mol. The van der Waals surface area contributed by atoms with E-state index in [1.807, 2.05) is 18.2 Å². The minimum Gasteiger partial charge on any atom is -0.337 e. The van der Waals surface area contributed by atoms with Crippen molar-refractivity contribution >= 4 is 33.5 Å². The summed E-state index contributed by atoms with van der Waals surface area (Å²) >= 11 is 0. The highest BCUT2D eigenvalue weighted by Gasteiger charge is 2.23. The van der Waals surface area contributed by atoms with Gasteiger partial charge in [0, 0.05) is 22.7 Å². The van der Waals surface area contributed by atoms with Crippen LogP contribution in [0, 0.1) is 17.0 Å². The first-order chi connectivity index (χ1) is 18.7. The zero-order valence-corrected chi connectivity index (χ0v) is 21.3. The van der Waals surface area contributed by atoms with Crippen LogP contribution in [0.5, 0.6) is 0 Å². The predicted molar refractivity (Wildman–Crippen MR) is 146 cm³/mol. The number of hydrogen-bond donors (Lipinski definition) is 3. The highest BCUT2D eigenvalue weighted by Crippen LogP contribution is 2.35. The number of amides is 1. The van der Waals surface area contributed by atoms with Gasteiger partial charge in [0.1, 0.15) is 17.2 Å². The van der Waals surface area contributed by atoms with Crippen LogP contribution in [0.1, 0.15) is 20.8 Å². The summed E-state index contributed by atoms with van der Waals surface area (Å²) < 4.78 is 29.5. The van der Waals surface area contributed by atoms with Crippen molar-refractivity contribution in [3.63, 3.8) is 0 Å². The van der Waals surface area contributed by atoms with Crippen molar-refractivity contribution in [1.82, 2.24) is 30.1 Å². The first-order valence-electron chi connectivity index (χ1n) is 12.2. The van der Waals surface area contributed by atoms with Crippen molar-refractivity contribution in [3.8, 4) is 33.9 Å². The molecule has 2 aromatic carbocycles. The Hall–Kier alpha value is -4.99. The Balaban J connectivity index is 1.43. The van der Waals surface area contributed by atoms with Crippen molar-refractivity contribution in [2.75, 3.05) is 5.32 Å². The van der Waals surface area contributed by atoms with Crippen molar-refractivity contribution in [2.24, 2.45) is 5.41 Å². The maximum atomic E-state index is 16.0. The van der Waals surface area contributed by atoms with Gasteiger partial charge in [-0.1, -0.05) is 45.0 Å². The Bertz CT molecular complexity index is 1870. The maximum Gasteiger partial charge on any atom is 0.229 e. The molecule has 0 aliphatic heterocycles. The van der Waals surface area contributed by atoms with Gasteiger partial charge in [-0.15, -0.1) is 0 Å². The number of rotatable bonds is 4. The minimum atomic E-state index is -0.604. The number of anilines is 1. The molecule has 8 nitrogen and oxygen atoms in total. The fraction of sp³-hybridized carbons (Fsp3) is 0.138. The number of H-pyrrole nitrogens is 2. The molecule has 0 atom stereocenters. The molecule has 0 radical (unpaired) electrons. The topological polar surface area (TPSA) is 112 Å². The van der Waals surface area contributed by atoms with Crippen LogP contribution < -0.4 is 5.32 Å². The number of nitrogens with one attached hydrogen (secondary N) is 3. The molecule has 194 valence electrons. The molecule has 4 heterocycles. The fourth-order valence-electron chi connectivity index (χ4n) is 4.31. The Kier molecular flexibility index (Phi) is 5.67. The van der Waals surface area contributed by atoms with E-state index in [4.69, 9.17) is 4.98 Å². The number of nitrogens with zero attached hydrogens (tertiary/aromatic N) is 4. The summed E-state index contributed by atoms with van der Waals surface area (Å²) in [6.45, 7) is 5.40.